The van der Waals surface area contributed by atoms with Crippen molar-refractivity contribution in [2.24, 2.45) is 0 Å². The second-order valence-electron chi connectivity index (χ2n) is 7.70. The summed E-state index contributed by atoms with van der Waals surface area (Å²) in [7, 11) is 0. The first kappa shape index (κ1) is 21.2. The molecule has 33 heavy (non-hydrogen) atoms. The summed E-state index contributed by atoms with van der Waals surface area (Å²) in [4.78, 5) is 25.4. The molecule has 0 atom stereocenters. The zero-order chi connectivity index (χ0) is 22.8. The summed E-state index contributed by atoms with van der Waals surface area (Å²) < 4.78 is 11.2. The van der Waals surface area contributed by atoms with Crippen LogP contribution in [0.1, 0.15) is 5.56 Å². The number of benzene rings is 2. The highest BCUT2D eigenvalue weighted by molar-refractivity contribution is 6.33. The molecule has 1 aliphatic rings. The molecule has 0 aliphatic carbocycles. The number of fused-ring (bicyclic) bond motifs is 1. The number of hydrogen-bond donors (Lipinski definition) is 2. The lowest BCUT2D eigenvalue weighted by atomic mass is 10.1. The van der Waals surface area contributed by atoms with E-state index in [0.717, 1.165) is 37.6 Å². The van der Waals surface area contributed by atoms with Crippen LogP contribution in [-0.4, -0.2) is 52.3 Å². The third-order valence-corrected chi connectivity index (χ3v) is 5.68. The Kier molecular flexibility index (Phi) is 5.85. The van der Waals surface area contributed by atoms with Gasteiger partial charge in [0.1, 0.15) is 5.75 Å². The summed E-state index contributed by atoms with van der Waals surface area (Å²) in [6, 6.07) is 17.0. The van der Waals surface area contributed by atoms with E-state index in [4.69, 9.17) is 26.2 Å². The molecular weight excluding hydrogens is 444 g/mol. The number of nitrogens with one attached hydrogen (secondary N) is 1. The predicted molar refractivity (Wildman–Crippen MR) is 125 cm³/mol. The quantitative estimate of drug-likeness (QED) is 0.432. The van der Waals surface area contributed by atoms with E-state index >= 15 is 0 Å². The number of rotatable bonds is 6. The van der Waals surface area contributed by atoms with Crippen LogP contribution >= 0.6 is 11.6 Å². The number of carboxylic acid groups (broad SMARTS) is 1. The Balaban J connectivity index is 1.38. The topological polar surface area (TPSA) is 101 Å². The molecule has 1 saturated heterocycles. The van der Waals surface area contributed by atoms with Crippen molar-refractivity contribution in [3.63, 3.8) is 0 Å². The maximum Gasteiger partial charge on any atom is 0.307 e. The van der Waals surface area contributed by atoms with Crippen molar-refractivity contribution >= 4 is 34.4 Å². The Morgan fingerprint density at radius 1 is 1.12 bits per heavy atom. The number of aromatic amines is 1. The van der Waals surface area contributed by atoms with Crippen LogP contribution in [0.5, 0.6) is 11.8 Å². The molecule has 0 bridgehead atoms. The fourth-order valence-electron chi connectivity index (χ4n) is 3.80. The van der Waals surface area contributed by atoms with Gasteiger partial charge in [-0.05, 0) is 35.9 Å². The molecule has 2 aromatic carbocycles. The zero-order valence-corrected chi connectivity index (χ0v) is 18.4. The number of aliphatic carboxylic acids is 1. The van der Waals surface area contributed by atoms with Gasteiger partial charge in [0.2, 0.25) is 0 Å². The number of carboxylic acids is 1. The fraction of sp³-hybridized carbons (Fsp3) is 0.208. The summed E-state index contributed by atoms with van der Waals surface area (Å²) >= 11 is 6.53. The van der Waals surface area contributed by atoms with Gasteiger partial charge in [-0.3, -0.25) is 4.79 Å². The molecule has 0 radical (unpaired) electrons. The first-order valence-electron chi connectivity index (χ1n) is 10.5. The molecule has 5 rings (SSSR count). The van der Waals surface area contributed by atoms with E-state index in [0.29, 0.717) is 33.2 Å². The van der Waals surface area contributed by atoms with Gasteiger partial charge in [-0.2, -0.15) is 4.98 Å². The lowest BCUT2D eigenvalue weighted by Gasteiger charge is -2.28. The SMILES string of the molecule is O=C(O)Cc1cccc(Oc2nc3nc(-c4ccc(N5CCOCC5)cc4)c(Cl)cc3[nH]2)c1. The van der Waals surface area contributed by atoms with Gasteiger partial charge in [-0.15, -0.1) is 0 Å². The van der Waals surface area contributed by atoms with Gasteiger partial charge >= 0.3 is 12.0 Å². The molecule has 9 heteroatoms. The summed E-state index contributed by atoms with van der Waals surface area (Å²) in [5.41, 5.74) is 4.43. The van der Waals surface area contributed by atoms with Crippen molar-refractivity contribution in [1.29, 1.82) is 0 Å². The first-order valence-corrected chi connectivity index (χ1v) is 10.9. The average molecular weight is 465 g/mol. The van der Waals surface area contributed by atoms with Gasteiger partial charge in [-0.1, -0.05) is 35.9 Å². The van der Waals surface area contributed by atoms with Crippen molar-refractivity contribution in [1.82, 2.24) is 15.0 Å². The number of anilines is 1. The normalized spacial score (nSPS) is 13.9. The van der Waals surface area contributed by atoms with Crippen molar-refractivity contribution in [3.05, 3.63) is 65.2 Å². The Bertz CT molecular complexity index is 1300. The van der Waals surface area contributed by atoms with E-state index in [1.807, 2.05) is 12.1 Å². The Morgan fingerprint density at radius 2 is 1.91 bits per heavy atom. The molecule has 0 spiro atoms. The summed E-state index contributed by atoms with van der Waals surface area (Å²) in [6.45, 7) is 3.22. The van der Waals surface area contributed by atoms with Crippen LogP contribution < -0.4 is 9.64 Å². The number of hydrogen-bond acceptors (Lipinski definition) is 6. The smallest absolute Gasteiger partial charge is 0.307 e. The third-order valence-electron chi connectivity index (χ3n) is 5.39. The number of carbonyl (C=O) groups is 1. The Morgan fingerprint density at radius 3 is 2.67 bits per heavy atom. The number of nitrogens with zero attached hydrogens (tertiary/aromatic N) is 3. The van der Waals surface area contributed by atoms with Crippen LogP contribution in [0.4, 0.5) is 5.69 Å². The number of morpholine rings is 1. The zero-order valence-electron chi connectivity index (χ0n) is 17.6. The predicted octanol–water partition coefficient (Wildman–Crippen LogP) is 4.53. The van der Waals surface area contributed by atoms with Gasteiger partial charge in [0.25, 0.3) is 0 Å². The van der Waals surface area contributed by atoms with Crippen molar-refractivity contribution in [2.75, 3.05) is 31.2 Å². The van der Waals surface area contributed by atoms with Crippen LogP contribution in [-0.2, 0) is 16.0 Å². The Labute approximate surface area is 194 Å². The number of pyridine rings is 1. The van der Waals surface area contributed by atoms with Gasteiger partial charge < -0.3 is 24.5 Å². The largest absolute Gasteiger partial charge is 0.481 e. The van der Waals surface area contributed by atoms with E-state index < -0.39 is 5.97 Å². The minimum atomic E-state index is -0.903. The molecule has 0 saturated carbocycles. The van der Waals surface area contributed by atoms with Crippen molar-refractivity contribution < 1.29 is 19.4 Å². The minimum Gasteiger partial charge on any atom is -0.481 e. The van der Waals surface area contributed by atoms with E-state index in [1.165, 1.54) is 0 Å². The second-order valence-corrected chi connectivity index (χ2v) is 8.11. The van der Waals surface area contributed by atoms with Crippen LogP contribution in [0.3, 0.4) is 0 Å². The molecule has 3 heterocycles. The molecule has 0 unspecified atom stereocenters. The van der Waals surface area contributed by atoms with Crippen LogP contribution in [0.15, 0.2) is 54.6 Å². The van der Waals surface area contributed by atoms with Crippen LogP contribution in [0.25, 0.3) is 22.4 Å². The second kappa shape index (κ2) is 9.09. The van der Waals surface area contributed by atoms with Crippen molar-refractivity contribution in [3.8, 4) is 23.0 Å². The highest BCUT2D eigenvalue weighted by Crippen LogP contribution is 2.31. The van der Waals surface area contributed by atoms with E-state index in [2.05, 4.69) is 32.0 Å². The molecule has 0 amide bonds. The highest BCUT2D eigenvalue weighted by Gasteiger charge is 2.15. The van der Waals surface area contributed by atoms with E-state index in [-0.39, 0.29) is 12.4 Å². The standard InChI is InChI=1S/C24H21ClN4O4/c25-19-14-20-23(28-24(26-20)33-18-3-1-2-15(12-18)13-21(30)31)27-22(19)16-4-6-17(7-5-16)29-8-10-32-11-9-29/h1-7,12,14H,8-11,13H2,(H,30,31)(H,26,27,28). The van der Waals surface area contributed by atoms with Crippen LogP contribution in [0.2, 0.25) is 5.02 Å². The van der Waals surface area contributed by atoms with Gasteiger partial charge in [0.15, 0.2) is 5.65 Å². The van der Waals surface area contributed by atoms with Crippen LogP contribution in [0, 0.1) is 0 Å². The molecule has 2 N–H and O–H groups in total. The number of halogens is 1. The fourth-order valence-corrected chi connectivity index (χ4v) is 4.06. The summed E-state index contributed by atoms with van der Waals surface area (Å²) in [5.74, 6) is -0.418. The number of ether oxygens (including phenoxy) is 2. The third kappa shape index (κ3) is 4.76. The highest BCUT2D eigenvalue weighted by atomic mass is 35.5. The van der Waals surface area contributed by atoms with Gasteiger partial charge in [0.05, 0.1) is 35.9 Å². The molecule has 8 nitrogen and oxygen atoms in total. The van der Waals surface area contributed by atoms with Crippen molar-refractivity contribution in [2.45, 2.75) is 6.42 Å². The number of imidazole rings is 1. The van der Waals surface area contributed by atoms with E-state index in [9.17, 15) is 4.79 Å². The van der Waals surface area contributed by atoms with Gasteiger partial charge in [0, 0.05) is 24.3 Å². The molecule has 2 aromatic heterocycles. The van der Waals surface area contributed by atoms with E-state index in [1.54, 1.807) is 30.3 Å². The first-order chi connectivity index (χ1) is 16.0. The average Bonchev–Trinajstić information content (AvgIpc) is 3.20. The molecule has 1 aliphatic heterocycles. The van der Waals surface area contributed by atoms with Gasteiger partial charge in [-0.25, -0.2) is 4.98 Å². The summed E-state index contributed by atoms with van der Waals surface area (Å²) in [6.07, 6.45) is -0.0812. The maximum atomic E-state index is 10.9. The minimum absolute atomic E-state index is 0.0812. The molecular formula is C24H21ClN4O4. The maximum absolute atomic E-state index is 10.9. The molecule has 1 fully saturated rings. The molecule has 4 aromatic rings. The number of H-pyrrole nitrogens is 1. The Hall–Kier alpha value is -3.62. The number of aromatic nitrogens is 3. The lowest BCUT2D eigenvalue weighted by Crippen LogP contribution is -2.36. The summed E-state index contributed by atoms with van der Waals surface area (Å²) in [5, 5.41) is 9.48. The molecule has 168 valence electrons. The lowest BCUT2D eigenvalue weighted by molar-refractivity contribution is -0.136. The monoisotopic (exact) mass is 464 g/mol.